The summed E-state index contributed by atoms with van der Waals surface area (Å²) in [6, 6.07) is 8.00. The van der Waals surface area contributed by atoms with Gasteiger partial charge in [-0.3, -0.25) is 0 Å². The van der Waals surface area contributed by atoms with Crippen LogP contribution in [0, 0.1) is 0 Å². The molecule has 1 aliphatic carbocycles. The van der Waals surface area contributed by atoms with Gasteiger partial charge in [0.1, 0.15) is 5.75 Å². The Hall–Kier alpha value is -1.88. The molecular weight excluding hydrogens is 242 g/mol. The van der Waals surface area contributed by atoms with Crippen molar-refractivity contribution in [3.63, 3.8) is 0 Å². The third-order valence-corrected chi connectivity index (χ3v) is 4.05. The highest BCUT2D eigenvalue weighted by atomic mass is 16.5. The lowest BCUT2D eigenvalue weighted by Crippen LogP contribution is -2.43. The van der Waals surface area contributed by atoms with Crippen LogP contribution in [0.15, 0.2) is 28.8 Å². The van der Waals surface area contributed by atoms with Gasteiger partial charge in [-0.15, -0.1) is 0 Å². The summed E-state index contributed by atoms with van der Waals surface area (Å²) in [5, 5.41) is 4.04. The number of para-hydroxylation sites is 1. The van der Waals surface area contributed by atoms with Crippen molar-refractivity contribution >= 4 is 0 Å². The zero-order valence-corrected chi connectivity index (χ0v) is 10.5. The molecule has 1 fully saturated rings. The van der Waals surface area contributed by atoms with Gasteiger partial charge in [-0.05, 0) is 30.9 Å². The summed E-state index contributed by atoms with van der Waals surface area (Å²) in [5.74, 6) is 2.06. The van der Waals surface area contributed by atoms with E-state index in [1.807, 2.05) is 18.2 Å². The van der Waals surface area contributed by atoms with Crippen molar-refractivity contribution in [3.8, 4) is 5.75 Å². The number of benzene rings is 1. The summed E-state index contributed by atoms with van der Waals surface area (Å²) < 4.78 is 11.2. The molecule has 4 rings (SSSR count). The molecule has 19 heavy (non-hydrogen) atoms. The normalized spacial score (nSPS) is 23.5. The average Bonchev–Trinajstić information content (AvgIpc) is 3.02. The molecule has 0 spiro atoms. The Morgan fingerprint density at radius 1 is 1.26 bits per heavy atom. The van der Waals surface area contributed by atoms with E-state index in [4.69, 9.17) is 15.0 Å². The van der Waals surface area contributed by atoms with E-state index in [0.29, 0.717) is 11.7 Å². The van der Waals surface area contributed by atoms with Gasteiger partial charge in [-0.1, -0.05) is 23.4 Å². The summed E-state index contributed by atoms with van der Waals surface area (Å²) >= 11 is 0. The van der Waals surface area contributed by atoms with Gasteiger partial charge in [0, 0.05) is 6.42 Å². The van der Waals surface area contributed by atoms with E-state index < -0.39 is 5.54 Å². The highest BCUT2D eigenvalue weighted by Gasteiger charge is 2.41. The smallest absolute Gasteiger partial charge is 0.246 e. The maximum Gasteiger partial charge on any atom is 0.246 e. The van der Waals surface area contributed by atoms with Gasteiger partial charge in [0.15, 0.2) is 6.10 Å². The van der Waals surface area contributed by atoms with Crippen LogP contribution in [0.25, 0.3) is 0 Å². The molecule has 0 bridgehead atoms. The fourth-order valence-corrected chi connectivity index (χ4v) is 2.67. The Morgan fingerprint density at radius 2 is 2.11 bits per heavy atom. The molecule has 5 nitrogen and oxygen atoms in total. The van der Waals surface area contributed by atoms with Gasteiger partial charge in [-0.2, -0.15) is 4.98 Å². The van der Waals surface area contributed by atoms with Crippen LogP contribution in [0.5, 0.6) is 5.75 Å². The van der Waals surface area contributed by atoms with Crippen molar-refractivity contribution < 1.29 is 9.26 Å². The summed E-state index contributed by atoms with van der Waals surface area (Å²) in [4.78, 5) is 4.44. The molecule has 1 atom stereocenters. The average molecular weight is 257 g/mol. The Labute approximate surface area is 110 Å². The van der Waals surface area contributed by atoms with Crippen LogP contribution in [0.1, 0.15) is 42.6 Å². The zero-order chi connectivity index (χ0) is 12.9. The monoisotopic (exact) mass is 257 g/mol. The molecular formula is C14H15N3O2. The van der Waals surface area contributed by atoms with Crippen molar-refractivity contribution in [1.82, 2.24) is 10.1 Å². The number of nitrogens with two attached hydrogens (primary N) is 1. The van der Waals surface area contributed by atoms with Crippen molar-refractivity contribution in [2.75, 3.05) is 0 Å². The topological polar surface area (TPSA) is 74.2 Å². The number of ether oxygens (including phenoxy) is 1. The predicted molar refractivity (Wildman–Crippen MR) is 67.5 cm³/mol. The lowest BCUT2D eigenvalue weighted by atomic mass is 9.78. The SMILES string of the molecule is NC1(c2nc(C3Cc4ccccc4O3)no2)CCC1. The minimum Gasteiger partial charge on any atom is -0.482 e. The quantitative estimate of drug-likeness (QED) is 0.891. The van der Waals surface area contributed by atoms with E-state index in [1.165, 1.54) is 5.56 Å². The second kappa shape index (κ2) is 3.81. The van der Waals surface area contributed by atoms with Crippen LogP contribution in [-0.2, 0) is 12.0 Å². The maximum atomic E-state index is 6.18. The fraction of sp³-hybridized carbons (Fsp3) is 0.429. The molecule has 1 aliphatic heterocycles. The van der Waals surface area contributed by atoms with Gasteiger partial charge < -0.3 is 15.0 Å². The first-order chi connectivity index (χ1) is 9.24. The molecule has 2 heterocycles. The third-order valence-electron chi connectivity index (χ3n) is 4.05. The van der Waals surface area contributed by atoms with E-state index in [1.54, 1.807) is 0 Å². The number of fused-ring (bicyclic) bond motifs is 1. The molecule has 0 amide bonds. The van der Waals surface area contributed by atoms with Crippen LogP contribution >= 0.6 is 0 Å². The first-order valence-corrected chi connectivity index (χ1v) is 6.62. The highest BCUT2D eigenvalue weighted by molar-refractivity contribution is 5.38. The summed E-state index contributed by atoms with van der Waals surface area (Å²) in [7, 11) is 0. The molecule has 2 aliphatic rings. The highest BCUT2D eigenvalue weighted by Crippen LogP contribution is 2.39. The van der Waals surface area contributed by atoms with E-state index in [2.05, 4.69) is 16.2 Å². The van der Waals surface area contributed by atoms with Gasteiger partial charge >= 0.3 is 0 Å². The van der Waals surface area contributed by atoms with Gasteiger partial charge in [-0.25, -0.2) is 0 Å². The van der Waals surface area contributed by atoms with Crippen LogP contribution in [0.2, 0.25) is 0 Å². The molecule has 1 saturated carbocycles. The van der Waals surface area contributed by atoms with Crippen LogP contribution < -0.4 is 10.5 Å². The lowest BCUT2D eigenvalue weighted by molar-refractivity contribution is 0.179. The minimum absolute atomic E-state index is 0.154. The van der Waals surface area contributed by atoms with Crippen molar-refractivity contribution in [2.24, 2.45) is 5.73 Å². The van der Waals surface area contributed by atoms with Crippen LogP contribution in [0.4, 0.5) is 0 Å². The molecule has 0 saturated heterocycles. The molecule has 1 unspecified atom stereocenters. The van der Waals surface area contributed by atoms with Crippen molar-refractivity contribution in [1.29, 1.82) is 0 Å². The number of nitrogens with zero attached hydrogens (tertiary/aromatic N) is 2. The molecule has 0 radical (unpaired) electrons. The minimum atomic E-state index is -0.406. The van der Waals surface area contributed by atoms with E-state index in [9.17, 15) is 0 Å². The Morgan fingerprint density at radius 3 is 2.84 bits per heavy atom. The largest absolute Gasteiger partial charge is 0.482 e. The molecule has 2 N–H and O–H groups in total. The molecule has 5 heteroatoms. The van der Waals surface area contributed by atoms with Gasteiger partial charge in [0.05, 0.1) is 5.54 Å². The molecule has 1 aromatic carbocycles. The van der Waals surface area contributed by atoms with E-state index >= 15 is 0 Å². The fourth-order valence-electron chi connectivity index (χ4n) is 2.67. The number of hydrogen-bond acceptors (Lipinski definition) is 5. The van der Waals surface area contributed by atoms with Crippen molar-refractivity contribution in [2.45, 2.75) is 37.3 Å². The Kier molecular flexibility index (Phi) is 2.20. The zero-order valence-electron chi connectivity index (χ0n) is 10.5. The lowest BCUT2D eigenvalue weighted by Gasteiger charge is -2.33. The summed E-state index contributed by atoms with van der Waals surface area (Å²) in [6.07, 6.45) is 3.59. The Balaban J connectivity index is 1.59. The third kappa shape index (κ3) is 1.65. The summed E-state index contributed by atoms with van der Waals surface area (Å²) in [6.45, 7) is 0. The second-order valence-electron chi connectivity index (χ2n) is 5.39. The molecule has 1 aromatic heterocycles. The van der Waals surface area contributed by atoms with Crippen molar-refractivity contribution in [3.05, 3.63) is 41.5 Å². The number of aromatic nitrogens is 2. The van der Waals surface area contributed by atoms with Gasteiger partial charge in [0.25, 0.3) is 0 Å². The number of hydrogen-bond donors (Lipinski definition) is 1. The Bertz CT molecular complexity index is 594. The molecule has 2 aromatic rings. The predicted octanol–water partition coefficient (Wildman–Crippen LogP) is 2.08. The van der Waals surface area contributed by atoms with Gasteiger partial charge in [0.2, 0.25) is 11.7 Å². The van der Waals surface area contributed by atoms with E-state index in [-0.39, 0.29) is 6.10 Å². The maximum absolute atomic E-state index is 6.18. The van der Waals surface area contributed by atoms with Crippen LogP contribution in [-0.4, -0.2) is 10.1 Å². The molecule has 98 valence electrons. The van der Waals surface area contributed by atoms with Crippen LogP contribution in [0.3, 0.4) is 0 Å². The van der Waals surface area contributed by atoms with E-state index in [0.717, 1.165) is 31.4 Å². The number of rotatable bonds is 2. The second-order valence-corrected chi connectivity index (χ2v) is 5.39. The first kappa shape index (κ1) is 11.0. The first-order valence-electron chi connectivity index (χ1n) is 6.62. The summed E-state index contributed by atoms with van der Waals surface area (Å²) in [5.41, 5.74) is 6.96. The standard InChI is InChI=1S/C14H15N3O2/c15-14(6-3-7-14)13-16-12(17-19-13)11-8-9-4-1-2-5-10(9)18-11/h1-2,4-5,11H,3,6-8,15H2.